The van der Waals surface area contributed by atoms with Crippen LogP contribution in [-0.4, -0.2) is 31.1 Å². The zero-order valence-electron chi connectivity index (χ0n) is 10.4. The molecule has 88 valence electrons. The van der Waals surface area contributed by atoms with Crippen molar-refractivity contribution in [3.05, 3.63) is 35.4 Å². The fourth-order valence-corrected chi connectivity index (χ4v) is 2.39. The second-order valence-corrected chi connectivity index (χ2v) is 4.84. The third-order valence-electron chi connectivity index (χ3n) is 3.58. The number of hydrogen-bond acceptors (Lipinski definition) is 2. The van der Waals surface area contributed by atoms with E-state index >= 15 is 0 Å². The van der Waals surface area contributed by atoms with Gasteiger partial charge >= 0.3 is 0 Å². The Balaban J connectivity index is 1.96. The summed E-state index contributed by atoms with van der Waals surface area (Å²) in [6.07, 6.45) is 2.64. The molecule has 2 nitrogen and oxygen atoms in total. The Bertz CT molecular complexity index is 329. The van der Waals surface area contributed by atoms with Gasteiger partial charge in [-0.15, -0.1) is 0 Å². The van der Waals surface area contributed by atoms with Gasteiger partial charge in [0.05, 0.1) is 0 Å². The SMILES string of the molecule is Cc1ccccc1CN(C)C1CCCNC1. The molecule has 0 bridgehead atoms. The lowest BCUT2D eigenvalue weighted by Crippen LogP contribution is -2.43. The average molecular weight is 218 g/mol. The van der Waals surface area contributed by atoms with Gasteiger partial charge in [0, 0.05) is 19.1 Å². The number of rotatable bonds is 3. The number of hydrogen-bond donors (Lipinski definition) is 1. The van der Waals surface area contributed by atoms with Crippen LogP contribution in [0.15, 0.2) is 24.3 Å². The predicted molar refractivity (Wildman–Crippen MR) is 68.5 cm³/mol. The largest absolute Gasteiger partial charge is 0.315 e. The molecule has 0 amide bonds. The van der Waals surface area contributed by atoms with Crippen LogP contribution in [0.3, 0.4) is 0 Å². The number of nitrogens with zero attached hydrogens (tertiary/aromatic N) is 1. The van der Waals surface area contributed by atoms with Crippen molar-refractivity contribution in [2.45, 2.75) is 32.4 Å². The number of benzene rings is 1. The van der Waals surface area contributed by atoms with Crippen LogP contribution in [0.2, 0.25) is 0 Å². The maximum atomic E-state index is 3.47. The van der Waals surface area contributed by atoms with E-state index in [2.05, 4.69) is 48.5 Å². The van der Waals surface area contributed by atoms with E-state index in [-0.39, 0.29) is 0 Å². The molecule has 0 spiro atoms. The van der Waals surface area contributed by atoms with Crippen LogP contribution >= 0.6 is 0 Å². The molecule has 0 radical (unpaired) electrons. The van der Waals surface area contributed by atoms with Gasteiger partial charge in [-0.05, 0) is 44.5 Å². The molecule has 1 aliphatic heterocycles. The van der Waals surface area contributed by atoms with Crippen molar-refractivity contribution in [3.63, 3.8) is 0 Å². The molecule has 1 aromatic rings. The van der Waals surface area contributed by atoms with Crippen LogP contribution in [0, 0.1) is 6.92 Å². The highest BCUT2D eigenvalue weighted by Gasteiger charge is 2.17. The Morgan fingerprint density at radius 1 is 1.38 bits per heavy atom. The van der Waals surface area contributed by atoms with Gasteiger partial charge in [-0.25, -0.2) is 0 Å². The summed E-state index contributed by atoms with van der Waals surface area (Å²) >= 11 is 0. The third kappa shape index (κ3) is 2.83. The van der Waals surface area contributed by atoms with Crippen LogP contribution in [0.4, 0.5) is 0 Å². The molecule has 1 unspecified atom stereocenters. The highest BCUT2D eigenvalue weighted by molar-refractivity contribution is 5.25. The average Bonchev–Trinajstić information content (AvgIpc) is 2.33. The van der Waals surface area contributed by atoms with Gasteiger partial charge in [0.25, 0.3) is 0 Å². The van der Waals surface area contributed by atoms with Gasteiger partial charge < -0.3 is 5.32 Å². The van der Waals surface area contributed by atoms with Crippen molar-refractivity contribution in [1.29, 1.82) is 0 Å². The minimum absolute atomic E-state index is 0.702. The van der Waals surface area contributed by atoms with Crippen LogP contribution in [0.1, 0.15) is 24.0 Å². The van der Waals surface area contributed by atoms with Crippen molar-refractivity contribution in [3.8, 4) is 0 Å². The van der Waals surface area contributed by atoms with Gasteiger partial charge in [0.15, 0.2) is 0 Å². The predicted octanol–water partition coefficient (Wildman–Crippen LogP) is 2.18. The second-order valence-electron chi connectivity index (χ2n) is 4.84. The van der Waals surface area contributed by atoms with Crippen LogP contribution in [0.25, 0.3) is 0 Å². The lowest BCUT2D eigenvalue weighted by molar-refractivity contribution is 0.195. The van der Waals surface area contributed by atoms with E-state index in [0.29, 0.717) is 6.04 Å². The molecule has 0 aliphatic carbocycles. The molecule has 1 N–H and O–H groups in total. The first-order valence-electron chi connectivity index (χ1n) is 6.23. The van der Waals surface area contributed by atoms with E-state index in [1.807, 2.05) is 0 Å². The molecular formula is C14H22N2. The molecule has 1 fully saturated rings. The Kier molecular flexibility index (Phi) is 3.97. The van der Waals surface area contributed by atoms with Gasteiger partial charge in [0.1, 0.15) is 0 Å². The summed E-state index contributed by atoms with van der Waals surface area (Å²) in [5.41, 5.74) is 2.86. The Hall–Kier alpha value is -0.860. The molecule has 1 atom stereocenters. The summed E-state index contributed by atoms with van der Waals surface area (Å²) in [5.74, 6) is 0. The van der Waals surface area contributed by atoms with Crippen molar-refractivity contribution < 1.29 is 0 Å². The van der Waals surface area contributed by atoms with Crippen molar-refractivity contribution >= 4 is 0 Å². The van der Waals surface area contributed by atoms with Crippen molar-refractivity contribution in [2.75, 3.05) is 20.1 Å². The van der Waals surface area contributed by atoms with Gasteiger partial charge in [-0.2, -0.15) is 0 Å². The van der Waals surface area contributed by atoms with Crippen LogP contribution in [-0.2, 0) is 6.54 Å². The zero-order chi connectivity index (χ0) is 11.4. The quantitative estimate of drug-likeness (QED) is 0.836. The fraction of sp³-hybridized carbons (Fsp3) is 0.571. The topological polar surface area (TPSA) is 15.3 Å². The summed E-state index contributed by atoms with van der Waals surface area (Å²) in [6.45, 7) is 5.60. The zero-order valence-corrected chi connectivity index (χ0v) is 10.4. The highest BCUT2D eigenvalue weighted by atomic mass is 15.2. The lowest BCUT2D eigenvalue weighted by atomic mass is 10.0. The minimum atomic E-state index is 0.702. The van der Waals surface area contributed by atoms with Gasteiger partial charge in [-0.1, -0.05) is 24.3 Å². The molecule has 0 saturated carbocycles. The first-order valence-corrected chi connectivity index (χ1v) is 6.23. The molecule has 1 aromatic carbocycles. The van der Waals surface area contributed by atoms with Crippen LogP contribution in [0.5, 0.6) is 0 Å². The first-order chi connectivity index (χ1) is 7.77. The molecule has 1 aliphatic rings. The first kappa shape index (κ1) is 11.6. The van der Waals surface area contributed by atoms with Gasteiger partial charge in [0.2, 0.25) is 0 Å². The maximum absolute atomic E-state index is 3.47. The second kappa shape index (κ2) is 5.46. The third-order valence-corrected chi connectivity index (χ3v) is 3.58. The number of likely N-dealkylation sites (N-methyl/N-ethyl adjacent to an activating group) is 1. The minimum Gasteiger partial charge on any atom is -0.315 e. The summed E-state index contributed by atoms with van der Waals surface area (Å²) in [7, 11) is 2.24. The van der Waals surface area contributed by atoms with Crippen LogP contribution < -0.4 is 5.32 Å². The number of piperidine rings is 1. The molecule has 2 rings (SSSR count). The van der Waals surface area contributed by atoms with E-state index < -0.39 is 0 Å². The molecule has 16 heavy (non-hydrogen) atoms. The highest BCUT2D eigenvalue weighted by Crippen LogP contribution is 2.14. The van der Waals surface area contributed by atoms with E-state index in [4.69, 9.17) is 0 Å². The smallest absolute Gasteiger partial charge is 0.0236 e. The fourth-order valence-electron chi connectivity index (χ4n) is 2.39. The molecule has 1 heterocycles. The van der Waals surface area contributed by atoms with E-state index in [9.17, 15) is 0 Å². The molecule has 1 saturated heterocycles. The lowest BCUT2D eigenvalue weighted by Gasteiger charge is -2.32. The molecule has 0 aromatic heterocycles. The summed E-state index contributed by atoms with van der Waals surface area (Å²) in [4.78, 5) is 2.48. The van der Waals surface area contributed by atoms with E-state index in [1.54, 1.807) is 0 Å². The number of nitrogens with one attached hydrogen (secondary N) is 1. The van der Waals surface area contributed by atoms with E-state index in [1.165, 1.54) is 30.5 Å². The van der Waals surface area contributed by atoms with Crippen molar-refractivity contribution in [1.82, 2.24) is 10.2 Å². The Morgan fingerprint density at radius 3 is 2.88 bits per heavy atom. The standard InChI is InChI=1S/C14H22N2/c1-12-6-3-4-7-13(12)11-16(2)14-8-5-9-15-10-14/h3-4,6-7,14-15H,5,8-11H2,1-2H3. The maximum Gasteiger partial charge on any atom is 0.0236 e. The molecule has 2 heteroatoms. The summed E-state index contributed by atoms with van der Waals surface area (Å²) in [6, 6.07) is 9.38. The number of aryl methyl sites for hydroxylation is 1. The summed E-state index contributed by atoms with van der Waals surface area (Å²) in [5, 5.41) is 3.47. The summed E-state index contributed by atoms with van der Waals surface area (Å²) < 4.78 is 0. The van der Waals surface area contributed by atoms with Gasteiger partial charge in [-0.3, -0.25) is 4.90 Å². The van der Waals surface area contributed by atoms with E-state index in [0.717, 1.165) is 13.1 Å². The Labute approximate surface area is 98.7 Å². The molecular weight excluding hydrogens is 196 g/mol. The normalized spacial score (nSPS) is 21.3. The Morgan fingerprint density at radius 2 is 2.19 bits per heavy atom. The monoisotopic (exact) mass is 218 g/mol. The van der Waals surface area contributed by atoms with Crippen molar-refractivity contribution in [2.24, 2.45) is 0 Å².